The van der Waals surface area contributed by atoms with Gasteiger partial charge in [-0.3, -0.25) is 0 Å². The molecule has 2 nitrogen and oxygen atoms in total. The van der Waals surface area contributed by atoms with Crippen molar-refractivity contribution in [3.05, 3.63) is 11.9 Å². The maximum atomic E-state index is 2.54. The van der Waals surface area contributed by atoms with E-state index in [0.29, 0.717) is 0 Å². The van der Waals surface area contributed by atoms with Gasteiger partial charge in [0.25, 0.3) is 0 Å². The van der Waals surface area contributed by atoms with Crippen molar-refractivity contribution in [3.63, 3.8) is 0 Å². The summed E-state index contributed by atoms with van der Waals surface area (Å²) in [6, 6.07) is 0. The Labute approximate surface area is 138 Å². The summed E-state index contributed by atoms with van der Waals surface area (Å²) >= 11 is 0. The lowest BCUT2D eigenvalue weighted by atomic mass is 10.3. The molecule has 0 N–H and O–H groups in total. The fraction of sp³-hybridized carbons (Fsp3) is 0.895. The Morgan fingerprint density at radius 2 is 1.29 bits per heavy atom. The van der Waals surface area contributed by atoms with Crippen LogP contribution in [0.2, 0.25) is 0 Å². The monoisotopic (exact) mass is 304 g/mol. The molecule has 0 aromatic carbocycles. The molecule has 0 amide bonds. The van der Waals surface area contributed by atoms with Gasteiger partial charge in [-0.2, -0.15) is 0 Å². The van der Waals surface area contributed by atoms with Crippen LogP contribution in [0.15, 0.2) is 11.9 Å². The minimum atomic E-state index is 0. The molecule has 2 aliphatic rings. The lowest BCUT2D eigenvalue weighted by Gasteiger charge is -2.28. The highest BCUT2D eigenvalue weighted by molar-refractivity contribution is 5.07. The standard InChI is InChI=1S/C10H18N2.3C2H6.3CH4/c1-2-11-7-3-4-8-12-9-5-6-10(11)12;3*1-2;;;/h6H,2-5,7-9H2,1H3;3*1-2H3;3*1H4. The van der Waals surface area contributed by atoms with E-state index in [1.54, 1.807) is 0 Å². The van der Waals surface area contributed by atoms with Crippen LogP contribution in [0.5, 0.6) is 0 Å². The van der Waals surface area contributed by atoms with Crippen LogP contribution in [-0.2, 0) is 0 Å². The topological polar surface area (TPSA) is 6.48 Å². The van der Waals surface area contributed by atoms with Crippen LogP contribution in [0.1, 0.15) is 90.0 Å². The first kappa shape index (κ1) is 32.3. The molecule has 0 unspecified atom stereocenters. The van der Waals surface area contributed by atoms with Gasteiger partial charge in [-0.1, -0.05) is 63.8 Å². The first-order chi connectivity index (χ1) is 8.92. The molecule has 2 heteroatoms. The molecule has 1 saturated heterocycles. The molecule has 1 fully saturated rings. The van der Waals surface area contributed by atoms with Crippen LogP contribution in [-0.4, -0.2) is 36.0 Å². The predicted octanol–water partition coefficient (Wildman–Crippen LogP) is 6.64. The molecule has 0 spiro atoms. The fourth-order valence-electron chi connectivity index (χ4n) is 2.19. The SMILES string of the molecule is C.C.C.CC.CC.CC.CCN1CCCCN2CCC=C12. The Kier molecular flexibility index (Phi) is 37.5. The van der Waals surface area contributed by atoms with E-state index in [-0.39, 0.29) is 22.3 Å². The third-order valence-electron chi connectivity index (χ3n) is 2.86. The molecule has 21 heavy (non-hydrogen) atoms. The highest BCUT2D eigenvalue weighted by Crippen LogP contribution is 2.22. The average molecular weight is 305 g/mol. The summed E-state index contributed by atoms with van der Waals surface area (Å²) in [5, 5.41) is 0. The third kappa shape index (κ3) is 11.7. The molecule has 2 aliphatic heterocycles. The van der Waals surface area contributed by atoms with E-state index in [2.05, 4.69) is 22.8 Å². The molecule has 0 saturated carbocycles. The summed E-state index contributed by atoms with van der Waals surface area (Å²) in [6.45, 7) is 19.2. The summed E-state index contributed by atoms with van der Waals surface area (Å²) in [4.78, 5) is 5.05. The number of nitrogens with zero attached hydrogens (tertiary/aromatic N) is 2. The third-order valence-corrected chi connectivity index (χ3v) is 2.86. The average Bonchev–Trinajstić information content (AvgIpc) is 2.86. The van der Waals surface area contributed by atoms with Crippen LogP contribution >= 0.6 is 0 Å². The van der Waals surface area contributed by atoms with Gasteiger partial charge in [-0.05, 0) is 32.3 Å². The van der Waals surface area contributed by atoms with Gasteiger partial charge in [0.2, 0.25) is 0 Å². The lowest BCUT2D eigenvalue weighted by Crippen LogP contribution is -2.30. The molecule has 0 aromatic rings. The van der Waals surface area contributed by atoms with Crippen molar-refractivity contribution in [2.45, 2.75) is 90.0 Å². The second-order valence-electron chi connectivity index (χ2n) is 3.62. The minimum absolute atomic E-state index is 0. The van der Waals surface area contributed by atoms with Crippen molar-refractivity contribution in [3.8, 4) is 0 Å². The quantitative estimate of drug-likeness (QED) is 0.536. The van der Waals surface area contributed by atoms with Gasteiger partial charge < -0.3 is 9.80 Å². The first-order valence-electron chi connectivity index (χ1n) is 8.12. The van der Waals surface area contributed by atoms with Crippen LogP contribution in [0, 0.1) is 0 Å². The zero-order chi connectivity index (χ0) is 14.4. The van der Waals surface area contributed by atoms with Gasteiger partial charge in [-0.25, -0.2) is 0 Å². The van der Waals surface area contributed by atoms with Crippen LogP contribution in [0.4, 0.5) is 0 Å². The van der Waals surface area contributed by atoms with E-state index in [1.807, 2.05) is 41.5 Å². The molecule has 0 aromatic heterocycles. The largest absolute Gasteiger partial charge is 0.359 e. The van der Waals surface area contributed by atoms with Crippen molar-refractivity contribution < 1.29 is 0 Å². The molecule has 2 heterocycles. The molecule has 0 radical (unpaired) electrons. The number of hydrogen-bond acceptors (Lipinski definition) is 2. The minimum Gasteiger partial charge on any atom is -0.359 e. The first-order valence-corrected chi connectivity index (χ1v) is 8.12. The van der Waals surface area contributed by atoms with Gasteiger partial charge in [0.05, 0.1) is 5.82 Å². The van der Waals surface area contributed by atoms with Gasteiger partial charge in [0.1, 0.15) is 0 Å². The van der Waals surface area contributed by atoms with Crippen molar-refractivity contribution in [2.24, 2.45) is 0 Å². The van der Waals surface area contributed by atoms with E-state index in [9.17, 15) is 0 Å². The molecule has 0 bridgehead atoms. The molecule has 0 aliphatic carbocycles. The lowest BCUT2D eigenvalue weighted by molar-refractivity contribution is 0.266. The fourth-order valence-corrected chi connectivity index (χ4v) is 2.19. The van der Waals surface area contributed by atoms with Crippen molar-refractivity contribution in [2.75, 3.05) is 26.2 Å². The van der Waals surface area contributed by atoms with Crippen molar-refractivity contribution in [1.29, 1.82) is 0 Å². The van der Waals surface area contributed by atoms with E-state index in [1.165, 1.54) is 51.3 Å². The molecular weight excluding hydrogens is 256 g/mol. The van der Waals surface area contributed by atoms with Gasteiger partial charge in [-0.15, -0.1) is 0 Å². The zero-order valence-electron chi connectivity index (χ0n) is 13.9. The smallest absolute Gasteiger partial charge is 0.0998 e. The second-order valence-corrected chi connectivity index (χ2v) is 3.62. The number of hydrogen-bond donors (Lipinski definition) is 0. The van der Waals surface area contributed by atoms with Crippen LogP contribution in [0.3, 0.4) is 0 Å². The Morgan fingerprint density at radius 1 is 0.810 bits per heavy atom. The predicted molar refractivity (Wildman–Crippen MR) is 105 cm³/mol. The Hall–Kier alpha value is -0.660. The molecule has 2 rings (SSSR count). The van der Waals surface area contributed by atoms with Gasteiger partial charge >= 0.3 is 0 Å². The second kappa shape index (κ2) is 24.4. The Bertz CT molecular complexity index is 188. The highest BCUT2D eigenvalue weighted by atomic mass is 15.3. The maximum Gasteiger partial charge on any atom is 0.0998 e. The zero-order valence-corrected chi connectivity index (χ0v) is 13.9. The van der Waals surface area contributed by atoms with Crippen LogP contribution in [0.25, 0.3) is 0 Å². The normalized spacial score (nSPS) is 14.3. The van der Waals surface area contributed by atoms with Gasteiger partial charge in [0.15, 0.2) is 0 Å². The molecular formula is C19H48N2. The van der Waals surface area contributed by atoms with Gasteiger partial charge in [0, 0.05) is 26.2 Å². The summed E-state index contributed by atoms with van der Waals surface area (Å²) < 4.78 is 0. The molecule has 0 atom stereocenters. The summed E-state index contributed by atoms with van der Waals surface area (Å²) in [6.07, 6.45) is 6.39. The van der Waals surface area contributed by atoms with Crippen LogP contribution < -0.4 is 0 Å². The Morgan fingerprint density at radius 3 is 1.76 bits per heavy atom. The summed E-state index contributed by atoms with van der Waals surface area (Å²) in [5.41, 5.74) is 0. The van der Waals surface area contributed by atoms with E-state index < -0.39 is 0 Å². The summed E-state index contributed by atoms with van der Waals surface area (Å²) in [5.74, 6) is 1.51. The number of rotatable bonds is 1. The van der Waals surface area contributed by atoms with E-state index in [0.717, 1.165) is 0 Å². The number of fused-ring (bicyclic) bond motifs is 1. The van der Waals surface area contributed by atoms with E-state index in [4.69, 9.17) is 0 Å². The maximum absolute atomic E-state index is 2.54. The van der Waals surface area contributed by atoms with E-state index >= 15 is 0 Å². The van der Waals surface area contributed by atoms with Crippen molar-refractivity contribution >= 4 is 0 Å². The summed E-state index contributed by atoms with van der Waals surface area (Å²) in [7, 11) is 0. The highest BCUT2D eigenvalue weighted by Gasteiger charge is 2.21. The van der Waals surface area contributed by atoms with Crippen molar-refractivity contribution in [1.82, 2.24) is 9.80 Å². The Balaban J connectivity index is -0.0000000855. The molecule has 134 valence electrons.